The Balaban J connectivity index is 2.27. The summed E-state index contributed by atoms with van der Waals surface area (Å²) in [5.41, 5.74) is 5.80. The van der Waals surface area contributed by atoms with E-state index in [4.69, 9.17) is 0 Å². The maximum absolute atomic E-state index is 4.39. The molecule has 0 aliphatic rings. The molecule has 2 heteroatoms. The van der Waals surface area contributed by atoms with Gasteiger partial charge in [0.15, 0.2) is 0 Å². The first kappa shape index (κ1) is 13.8. The van der Waals surface area contributed by atoms with Crippen molar-refractivity contribution in [2.24, 2.45) is 5.10 Å². The zero-order valence-corrected chi connectivity index (χ0v) is 11.5. The first-order valence-corrected chi connectivity index (χ1v) is 6.32. The van der Waals surface area contributed by atoms with Crippen molar-refractivity contribution in [3.63, 3.8) is 0 Å². The van der Waals surface area contributed by atoms with Crippen molar-refractivity contribution in [3.8, 4) is 0 Å². The second-order valence-electron chi connectivity index (χ2n) is 5.55. The Morgan fingerprint density at radius 1 is 1.18 bits per heavy atom. The molecule has 0 atom stereocenters. The number of benzene rings is 1. The van der Waals surface area contributed by atoms with Crippen LogP contribution >= 0.6 is 0 Å². The average molecular weight is 232 g/mol. The van der Waals surface area contributed by atoms with Crippen LogP contribution in [0.5, 0.6) is 0 Å². The normalized spacial score (nSPS) is 12.6. The molecule has 0 radical (unpaired) electrons. The third kappa shape index (κ3) is 6.77. The molecule has 0 spiro atoms. The van der Waals surface area contributed by atoms with Crippen LogP contribution in [0, 0.1) is 0 Å². The molecule has 0 bridgehead atoms. The predicted octanol–water partition coefficient (Wildman–Crippen LogP) is 3.77. The Bertz CT molecular complexity index is 347. The molecule has 0 amide bonds. The van der Waals surface area contributed by atoms with Gasteiger partial charge in [-0.15, -0.1) is 0 Å². The first-order valence-electron chi connectivity index (χ1n) is 6.32. The molecule has 94 valence electrons. The summed E-state index contributed by atoms with van der Waals surface area (Å²) in [6.07, 6.45) is 3.34. The fraction of sp³-hybridized carbons (Fsp3) is 0.533. The number of nitrogens with one attached hydrogen (secondary N) is 1. The molecular weight excluding hydrogens is 208 g/mol. The fourth-order valence-electron chi connectivity index (χ4n) is 1.51. The second kappa shape index (κ2) is 6.43. The molecule has 0 aliphatic heterocycles. The maximum Gasteiger partial charge on any atom is 0.0464 e. The highest BCUT2D eigenvalue weighted by Crippen LogP contribution is 2.05. The van der Waals surface area contributed by atoms with E-state index in [9.17, 15) is 0 Å². The van der Waals surface area contributed by atoms with Gasteiger partial charge in [-0.1, -0.05) is 30.3 Å². The van der Waals surface area contributed by atoms with Gasteiger partial charge in [0.25, 0.3) is 0 Å². The van der Waals surface area contributed by atoms with E-state index in [0.29, 0.717) is 0 Å². The van der Waals surface area contributed by atoms with Crippen LogP contribution in [0.2, 0.25) is 0 Å². The van der Waals surface area contributed by atoms with E-state index < -0.39 is 0 Å². The third-order valence-corrected chi connectivity index (χ3v) is 2.43. The summed E-state index contributed by atoms with van der Waals surface area (Å²) in [4.78, 5) is 0. The van der Waals surface area contributed by atoms with Crippen LogP contribution in [0.25, 0.3) is 0 Å². The van der Waals surface area contributed by atoms with Gasteiger partial charge >= 0.3 is 0 Å². The van der Waals surface area contributed by atoms with Crippen molar-refractivity contribution in [2.45, 2.75) is 52.5 Å². The summed E-state index contributed by atoms with van der Waals surface area (Å²) in [5.74, 6) is 0. The van der Waals surface area contributed by atoms with Gasteiger partial charge in [0, 0.05) is 11.3 Å². The van der Waals surface area contributed by atoms with Crippen LogP contribution in [0.3, 0.4) is 0 Å². The molecule has 1 aromatic carbocycles. The molecule has 0 fully saturated rings. The quantitative estimate of drug-likeness (QED) is 0.606. The Labute approximate surface area is 105 Å². The van der Waals surface area contributed by atoms with Crippen molar-refractivity contribution in [1.82, 2.24) is 5.43 Å². The smallest absolute Gasteiger partial charge is 0.0464 e. The van der Waals surface area contributed by atoms with Crippen molar-refractivity contribution in [3.05, 3.63) is 35.9 Å². The SMILES string of the molecule is C/C(CCCc1ccccc1)=N\NC(C)(C)C. The van der Waals surface area contributed by atoms with E-state index in [2.05, 4.69) is 68.6 Å². The number of hydrogen-bond donors (Lipinski definition) is 1. The topological polar surface area (TPSA) is 24.4 Å². The Morgan fingerprint density at radius 3 is 2.41 bits per heavy atom. The average Bonchev–Trinajstić information content (AvgIpc) is 2.27. The summed E-state index contributed by atoms with van der Waals surface area (Å²) < 4.78 is 0. The standard InChI is InChI=1S/C15H24N2/c1-13(16-17-15(2,3)4)9-8-12-14-10-6-5-7-11-14/h5-7,10-11,17H,8-9,12H2,1-4H3/b16-13+. The molecule has 0 unspecified atom stereocenters. The van der Waals surface area contributed by atoms with Crippen molar-refractivity contribution in [1.29, 1.82) is 0 Å². The van der Waals surface area contributed by atoms with Crippen LogP contribution in [-0.4, -0.2) is 11.3 Å². The van der Waals surface area contributed by atoms with E-state index in [1.807, 2.05) is 0 Å². The number of rotatable bonds is 5. The minimum absolute atomic E-state index is 0.0562. The zero-order chi connectivity index (χ0) is 12.7. The van der Waals surface area contributed by atoms with Crippen LogP contribution in [0.15, 0.2) is 35.4 Å². The summed E-state index contributed by atoms with van der Waals surface area (Å²) in [6.45, 7) is 8.44. The summed E-state index contributed by atoms with van der Waals surface area (Å²) in [7, 11) is 0. The monoisotopic (exact) mass is 232 g/mol. The van der Waals surface area contributed by atoms with Gasteiger partial charge in [-0.05, 0) is 52.5 Å². The number of nitrogens with zero attached hydrogens (tertiary/aromatic N) is 1. The first-order chi connectivity index (χ1) is 7.97. The lowest BCUT2D eigenvalue weighted by atomic mass is 10.1. The lowest BCUT2D eigenvalue weighted by Crippen LogP contribution is -2.32. The largest absolute Gasteiger partial charge is 0.305 e. The van der Waals surface area contributed by atoms with Crippen molar-refractivity contribution >= 4 is 5.71 Å². The van der Waals surface area contributed by atoms with Gasteiger partial charge in [0.1, 0.15) is 0 Å². The lowest BCUT2D eigenvalue weighted by molar-refractivity contribution is 0.440. The molecule has 1 N–H and O–H groups in total. The van der Waals surface area contributed by atoms with Gasteiger partial charge in [0.05, 0.1) is 0 Å². The van der Waals surface area contributed by atoms with Crippen LogP contribution in [0.1, 0.15) is 46.1 Å². The summed E-state index contributed by atoms with van der Waals surface area (Å²) >= 11 is 0. The fourth-order valence-corrected chi connectivity index (χ4v) is 1.51. The molecule has 0 saturated heterocycles. The van der Waals surface area contributed by atoms with Crippen molar-refractivity contribution < 1.29 is 0 Å². The third-order valence-electron chi connectivity index (χ3n) is 2.43. The van der Waals surface area contributed by atoms with E-state index in [1.165, 1.54) is 11.3 Å². The molecule has 0 saturated carbocycles. The maximum atomic E-state index is 4.39. The Kier molecular flexibility index (Phi) is 5.20. The molecule has 1 aromatic rings. The van der Waals surface area contributed by atoms with Gasteiger partial charge in [-0.3, -0.25) is 0 Å². The summed E-state index contributed by atoms with van der Waals surface area (Å²) in [5, 5.41) is 4.39. The molecule has 17 heavy (non-hydrogen) atoms. The highest BCUT2D eigenvalue weighted by molar-refractivity contribution is 5.81. The van der Waals surface area contributed by atoms with Crippen LogP contribution in [-0.2, 0) is 6.42 Å². The number of hydrazone groups is 1. The number of aryl methyl sites for hydroxylation is 1. The van der Waals surface area contributed by atoms with Crippen LogP contribution in [0.4, 0.5) is 0 Å². The molecular formula is C15H24N2. The molecule has 2 nitrogen and oxygen atoms in total. The molecule has 0 aliphatic carbocycles. The zero-order valence-electron chi connectivity index (χ0n) is 11.5. The van der Waals surface area contributed by atoms with Gasteiger partial charge < -0.3 is 5.43 Å². The highest BCUT2D eigenvalue weighted by atomic mass is 15.3. The highest BCUT2D eigenvalue weighted by Gasteiger charge is 2.06. The molecule has 0 aromatic heterocycles. The van der Waals surface area contributed by atoms with Gasteiger partial charge in [-0.25, -0.2) is 0 Å². The molecule has 0 heterocycles. The minimum atomic E-state index is 0.0562. The van der Waals surface area contributed by atoms with Gasteiger partial charge in [-0.2, -0.15) is 5.10 Å². The van der Waals surface area contributed by atoms with E-state index in [0.717, 1.165) is 19.3 Å². The lowest BCUT2D eigenvalue weighted by Gasteiger charge is -2.18. The van der Waals surface area contributed by atoms with Crippen LogP contribution < -0.4 is 5.43 Å². The number of hydrogen-bond acceptors (Lipinski definition) is 2. The summed E-state index contributed by atoms with van der Waals surface area (Å²) in [6, 6.07) is 10.6. The second-order valence-corrected chi connectivity index (χ2v) is 5.55. The Morgan fingerprint density at radius 2 is 1.82 bits per heavy atom. The van der Waals surface area contributed by atoms with Gasteiger partial charge in [0.2, 0.25) is 0 Å². The molecule has 1 rings (SSSR count). The van der Waals surface area contributed by atoms with Crippen molar-refractivity contribution in [2.75, 3.05) is 0 Å². The minimum Gasteiger partial charge on any atom is -0.305 e. The predicted molar refractivity (Wildman–Crippen MR) is 75.4 cm³/mol. The van der Waals surface area contributed by atoms with E-state index in [1.54, 1.807) is 0 Å². The van der Waals surface area contributed by atoms with E-state index >= 15 is 0 Å². The van der Waals surface area contributed by atoms with E-state index in [-0.39, 0.29) is 5.54 Å². The Hall–Kier alpha value is -1.31.